The van der Waals surface area contributed by atoms with Gasteiger partial charge in [0, 0.05) is 30.9 Å². The molecule has 146 valence electrons. The van der Waals surface area contributed by atoms with E-state index in [1.165, 1.54) is 19.1 Å². The van der Waals surface area contributed by atoms with Gasteiger partial charge in [-0.25, -0.2) is 9.59 Å². The summed E-state index contributed by atoms with van der Waals surface area (Å²) >= 11 is 0. The Morgan fingerprint density at radius 2 is 1.93 bits per heavy atom. The Morgan fingerprint density at radius 1 is 1.26 bits per heavy atom. The maximum absolute atomic E-state index is 12.3. The minimum Gasteiger partial charge on any atom is -0.449 e. The van der Waals surface area contributed by atoms with E-state index in [1.807, 2.05) is 0 Å². The second kappa shape index (κ2) is 8.97. The van der Waals surface area contributed by atoms with Gasteiger partial charge in [0.1, 0.15) is 0 Å². The lowest BCUT2D eigenvalue weighted by molar-refractivity contribution is -0.384. The number of hydrogen-bond acceptors (Lipinski definition) is 7. The predicted octanol–water partition coefficient (Wildman–Crippen LogP) is 1.95. The molecular formula is C17H22N4O6. The van der Waals surface area contributed by atoms with Gasteiger partial charge in [0.15, 0.2) is 6.10 Å². The van der Waals surface area contributed by atoms with Gasteiger partial charge >= 0.3 is 12.0 Å². The number of imide groups is 1. The van der Waals surface area contributed by atoms with Gasteiger partial charge in [-0.2, -0.15) is 0 Å². The second-order valence-corrected chi connectivity index (χ2v) is 6.23. The van der Waals surface area contributed by atoms with Crippen molar-refractivity contribution in [1.82, 2.24) is 10.6 Å². The number of esters is 1. The van der Waals surface area contributed by atoms with Gasteiger partial charge in [0.2, 0.25) is 0 Å². The summed E-state index contributed by atoms with van der Waals surface area (Å²) in [4.78, 5) is 46.4. The Labute approximate surface area is 155 Å². The fourth-order valence-corrected chi connectivity index (χ4v) is 2.82. The lowest BCUT2D eigenvalue weighted by Gasteiger charge is -2.16. The Bertz CT molecular complexity index is 745. The van der Waals surface area contributed by atoms with Crippen molar-refractivity contribution in [3.8, 4) is 0 Å². The van der Waals surface area contributed by atoms with Crippen LogP contribution in [0.4, 0.5) is 16.2 Å². The van der Waals surface area contributed by atoms with Crippen molar-refractivity contribution < 1.29 is 24.0 Å². The van der Waals surface area contributed by atoms with Gasteiger partial charge in [0.05, 0.1) is 10.5 Å². The van der Waals surface area contributed by atoms with E-state index in [9.17, 15) is 24.5 Å². The molecule has 0 saturated heterocycles. The lowest BCUT2D eigenvalue weighted by atomic mass is 10.1. The Balaban J connectivity index is 1.97. The van der Waals surface area contributed by atoms with Crippen LogP contribution in [0.25, 0.3) is 0 Å². The van der Waals surface area contributed by atoms with Gasteiger partial charge in [0.25, 0.3) is 11.6 Å². The maximum Gasteiger partial charge on any atom is 0.341 e. The molecule has 10 heteroatoms. The average molecular weight is 378 g/mol. The summed E-state index contributed by atoms with van der Waals surface area (Å²) in [5.74, 6) is -1.70. The molecule has 0 aliphatic heterocycles. The second-order valence-electron chi connectivity index (χ2n) is 6.23. The third kappa shape index (κ3) is 5.40. The Kier molecular flexibility index (Phi) is 6.69. The van der Waals surface area contributed by atoms with E-state index in [-0.39, 0.29) is 17.3 Å². The normalized spacial score (nSPS) is 14.9. The van der Waals surface area contributed by atoms with Crippen molar-refractivity contribution >= 4 is 29.3 Å². The van der Waals surface area contributed by atoms with Gasteiger partial charge in [-0.3, -0.25) is 20.2 Å². The van der Waals surface area contributed by atoms with E-state index < -0.39 is 28.9 Å². The lowest BCUT2D eigenvalue weighted by Crippen LogP contribution is -2.47. The van der Waals surface area contributed by atoms with Crippen LogP contribution in [-0.4, -0.2) is 42.0 Å². The highest BCUT2D eigenvalue weighted by molar-refractivity contribution is 6.00. The molecule has 3 N–H and O–H groups in total. The van der Waals surface area contributed by atoms with Gasteiger partial charge < -0.3 is 15.4 Å². The van der Waals surface area contributed by atoms with Gasteiger partial charge in [-0.1, -0.05) is 12.8 Å². The fourth-order valence-electron chi connectivity index (χ4n) is 2.82. The molecule has 1 aliphatic carbocycles. The summed E-state index contributed by atoms with van der Waals surface area (Å²) in [6.45, 7) is 1.31. The maximum atomic E-state index is 12.3. The first-order valence-electron chi connectivity index (χ1n) is 8.60. The van der Waals surface area contributed by atoms with Crippen molar-refractivity contribution in [2.24, 2.45) is 0 Å². The Hall–Kier alpha value is -3.17. The van der Waals surface area contributed by atoms with E-state index in [2.05, 4.69) is 16.0 Å². The highest BCUT2D eigenvalue weighted by Gasteiger charge is 2.25. The smallest absolute Gasteiger partial charge is 0.341 e. The van der Waals surface area contributed by atoms with Gasteiger partial charge in [-0.05, 0) is 25.8 Å². The minimum absolute atomic E-state index is 0.0405. The zero-order valence-electron chi connectivity index (χ0n) is 15.1. The molecule has 0 spiro atoms. The molecule has 3 amide bonds. The summed E-state index contributed by atoms with van der Waals surface area (Å²) < 4.78 is 5.05. The van der Waals surface area contributed by atoms with Crippen LogP contribution < -0.4 is 16.0 Å². The van der Waals surface area contributed by atoms with E-state index in [1.54, 1.807) is 7.05 Å². The quantitative estimate of drug-likeness (QED) is 0.390. The van der Waals surface area contributed by atoms with Crippen molar-refractivity contribution in [3.05, 3.63) is 33.9 Å². The molecule has 1 saturated carbocycles. The third-order valence-electron chi connectivity index (χ3n) is 4.28. The number of rotatable bonds is 6. The minimum atomic E-state index is -1.25. The summed E-state index contributed by atoms with van der Waals surface area (Å²) in [6.07, 6.45) is 2.54. The largest absolute Gasteiger partial charge is 0.449 e. The molecule has 0 unspecified atom stereocenters. The number of ether oxygens (including phenoxy) is 1. The van der Waals surface area contributed by atoms with Crippen LogP contribution in [0.2, 0.25) is 0 Å². The van der Waals surface area contributed by atoms with Crippen molar-refractivity contribution in [2.75, 3.05) is 12.4 Å². The number of carbonyl (C=O) groups excluding carboxylic acids is 3. The van der Waals surface area contributed by atoms with Crippen LogP contribution in [0.15, 0.2) is 18.2 Å². The third-order valence-corrected chi connectivity index (χ3v) is 4.28. The van der Waals surface area contributed by atoms with Crippen LogP contribution in [0.3, 0.4) is 0 Å². The first-order chi connectivity index (χ1) is 12.8. The monoisotopic (exact) mass is 378 g/mol. The number of anilines is 1. The molecule has 2 rings (SSSR count). The van der Waals surface area contributed by atoms with E-state index in [4.69, 9.17) is 4.74 Å². The molecule has 1 aromatic rings. The topological polar surface area (TPSA) is 140 Å². The molecule has 1 aromatic carbocycles. The van der Waals surface area contributed by atoms with Crippen LogP contribution in [0.1, 0.15) is 43.0 Å². The molecule has 0 aromatic heterocycles. The molecule has 1 atom stereocenters. The van der Waals surface area contributed by atoms with Gasteiger partial charge in [-0.15, -0.1) is 0 Å². The SMILES string of the molecule is CNc1ccc([N+](=O)[O-])cc1C(=O)O[C@@H](C)C(=O)NC(=O)NC1CCCC1. The van der Waals surface area contributed by atoms with Crippen molar-refractivity contribution in [2.45, 2.75) is 44.8 Å². The predicted molar refractivity (Wildman–Crippen MR) is 96.5 cm³/mol. The Morgan fingerprint density at radius 3 is 2.52 bits per heavy atom. The summed E-state index contributed by atoms with van der Waals surface area (Å²) in [5.41, 5.74) is -0.0482. The van der Waals surface area contributed by atoms with E-state index >= 15 is 0 Å². The number of benzene rings is 1. The number of nitrogens with one attached hydrogen (secondary N) is 3. The summed E-state index contributed by atoms with van der Waals surface area (Å²) in [6, 6.07) is 3.08. The highest BCUT2D eigenvalue weighted by Crippen LogP contribution is 2.23. The average Bonchev–Trinajstić information content (AvgIpc) is 3.13. The van der Waals surface area contributed by atoms with Crippen molar-refractivity contribution in [1.29, 1.82) is 0 Å². The van der Waals surface area contributed by atoms with E-state index in [0.29, 0.717) is 5.69 Å². The molecule has 1 aliphatic rings. The molecule has 0 bridgehead atoms. The zero-order chi connectivity index (χ0) is 20.0. The van der Waals surface area contributed by atoms with Crippen LogP contribution in [-0.2, 0) is 9.53 Å². The van der Waals surface area contributed by atoms with Crippen molar-refractivity contribution in [3.63, 3.8) is 0 Å². The number of nitro groups is 1. The van der Waals surface area contributed by atoms with Crippen LogP contribution >= 0.6 is 0 Å². The highest BCUT2D eigenvalue weighted by atomic mass is 16.6. The molecule has 1 fully saturated rings. The molecular weight excluding hydrogens is 356 g/mol. The zero-order valence-corrected chi connectivity index (χ0v) is 15.1. The fraction of sp³-hybridized carbons (Fsp3) is 0.471. The number of urea groups is 1. The number of hydrogen-bond donors (Lipinski definition) is 3. The number of carbonyl (C=O) groups is 3. The number of amides is 3. The van der Waals surface area contributed by atoms with Crippen LogP contribution in [0.5, 0.6) is 0 Å². The summed E-state index contributed by atoms with van der Waals surface area (Å²) in [5, 5.41) is 18.4. The number of nitro benzene ring substituents is 1. The number of nitrogens with zero attached hydrogens (tertiary/aromatic N) is 1. The molecule has 0 radical (unpaired) electrons. The molecule has 27 heavy (non-hydrogen) atoms. The molecule has 0 heterocycles. The van der Waals surface area contributed by atoms with Crippen LogP contribution in [0, 0.1) is 10.1 Å². The number of non-ortho nitro benzene ring substituents is 1. The first kappa shape index (κ1) is 20.1. The standard InChI is InChI=1S/C17H22N4O6/c1-10(15(22)20-17(24)19-11-5-3-4-6-11)27-16(23)13-9-12(21(25)26)7-8-14(13)18-2/h7-11,18H,3-6H2,1-2H3,(H2,19,20,22,24)/t10-/m0/s1. The summed E-state index contributed by atoms with van der Waals surface area (Å²) in [7, 11) is 1.54. The molecule has 10 nitrogen and oxygen atoms in total. The first-order valence-corrected chi connectivity index (χ1v) is 8.60. The van der Waals surface area contributed by atoms with E-state index in [0.717, 1.165) is 31.7 Å².